The van der Waals surface area contributed by atoms with E-state index in [1.807, 2.05) is 13.0 Å². The zero-order valence-electron chi connectivity index (χ0n) is 14.4. The maximum atomic E-state index is 13.2. The smallest absolute Gasteiger partial charge is 0.235 e. The molecule has 0 radical (unpaired) electrons. The van der Waals surface area contributed by atoms with Gasteiger partial charge in [-0.15, -0.1) is 0 Å². The highest BCUT2D eigenvalue weighted by Gasteiger charge is 2.45. The summed E-state index contributed by atoms with van der Waals surface area (Å²) in [6.07, 6.45) is 2.46. The van der Waals surface area contributed by atoms with Gasteiger partial charge >= 0.3 is 0 Å². The summed E-state index contributed by atoms with van der Waals surface area (Å²) >= 11 is 0. The van der Waals surface area contributed by atoms with Gasteiger partial charge in [0.1, 0.15) is 5.82 Å². The Morgan fingerprint density at radius 2 is 1.72 bits per heavy atom. The van der Waals surface area contributed by atoms with Crippen LogP contribution in [0.3, 0.4) is 0 Å². The number of carbonyl (C=O) groups excluding carboxylic acids is 2. The highest BCUT2D eigenvalue weighted by Crippen LogP contribution is 2.44. The fraction of sp³-hybridized carbons (Fsp3) is 0.300. The lowest BCUT2D eigenvalue weighted by Crippen LogP contribution is -2.46. The number of rotatable bonds is 4. The largest absolute Gasteiger partial charge is 0.326 e. The molecule has 3 rings (SSSR count). The first-order chi connectivity index (χ1) is 11.9. The Morgan fingerprint density at radius 3 is 2.28 bits per heavy atom. The zero-order valence-corrected chi connectivity index (χ0v) is 14.4. The zero-order chi connectivity index (χ0) is 18.0. The Bertz CT molecular complexity index is 811. The lowest BCUT2D eigenvalue weighted by Gasteiger charge is -2.40. The minimum atomic E-state index is -0.607. The molecule has 2 N–H and O–H groups in total. The molecule has 4 nitrogen and oxygen atoms in total. The molecular formula is C20H21FN2O2. The molecule has 130 valence electrons. The summed E-state index contributed by atoms with van der Waals surface area (Å²) < 4.78 is 13.2. The monoisotopic (exact) mass is 340 g/mol. The lowest BCUT2D eigenvalue weighted by atomic mass is 9.63. The maximum Gasteiger partial charge on any atom is 0.235 e. The molecule has 1 saturated carbocycles. The van der Waals surface area contributed by atoms with Gasteiger partial charge in [-0.3, -0.25) is 9.59 Å². The molecule has 0 aliphatic heterocycles. The van der Waals surface area contributed by atoms with E-state index in [0.717, 1.165) is 30.4 Å². The van der Waals surface area contributed by atoms with E-state index in [0.29, 0.717) is 11.4 Å². The molecule has 0 spiro atoms. The summed E-state index contributed by atoms with van der Waals surface area (Å²) in [6.45, 7) is 3.34. The molecule has 2 aromatic rings. The van der Waals surface area contributed by atoms with E-state index in [9.17, 15) is 14.0 Å². The molecule has 2 amide bonds. The van der Waals surface area contributed by atoms with Crippen molar-refractivity contribution in [3.63, 3.8) is 0 Å². The second-order valence-corrected chi connectivity index (χ2v) is 6.61. The Labute approximate surface area is 146 Å². The summed E-state index contributed by atoms with van der Waals surface area (Å²) in [6, 6.07) is 11.6. The van der Waals surface area contributed by atoms with Crippen LogP contribution in [0.4, 0.5) is 15.8 Å². The molecule has 25 heavy (non-hydrogen) atoms. The van der Waals surface area contributed by atoms with E-state index < -0.39 is 5.41 Å². The standard InChI is InChI=1S/C20H21FN2O2/c1-13-4-9-17(22-14(2)24)12-18(13)23-19(25)20(10-3-11-20)15-5-7-16(21)8-6-15/h4-9,12H,3,10-11H2,1-2H3,(H,22,24)(H,23,25). The third-order valence-corrected chi connectivity index (χ3v) is 4.84. The van der Waals surface area contributed by atoms with Gasteiger partial charge < -0.3 is 10.6 Å². The van der Waals surface area contributed by atoms with Crippen molar-refractivity contribution in [3.05, 3.63) is 59.4 Å². The molecule has 0 unspecified atom stereocenters. The van der Waals surface area contributed by atoms with Crippen LogP contribution in [0, 0.1) is 12.7 Å². The average molecular weight is 340 g/mol. The van der Waals surface area contributed by atoms with Gasteiger partial charge in [-0.1, -0.05) is 24.6 Å². The molecule has 0 heterocycles. The van der Waals surface area contributed by atoms with Crippen molar-refractivity contribution < 1.29 is 14.0 Å². The third kappa shape index (κ3) is 3.40. The van der Waals surface area contributed by atoms with Crippen LogP contribution < -0.4 is 10.6 Å². The maximum absolute atomic E-state index is 13.2. The number of nitrogens with one attached hydrogen (secondary N) is 2. The highest BCUT2D eigenvalue weighted by molar-refractivity contribution is 6.01. The Morgan fingerprint density at radius 1 is 1.04 bits per heavy atom. The number of hydrogen-bond acceptors (Lipinski definition) is 2. The molecule has 0 bridgehead atoms. The van der Waals surface area contributed by atoms with Crippen LogP contribution in [0.2, 0.25) is 0 Å². The van der Waals surface area contributed by atoms with E-state index in [1.54, 1.807) is 24.3 Å². The van der Waals surface area contributed by atoms with Crippen LogP contribution in [-0.2, 0) is 15.0 Å². The van der Waals surface area contributed by atoms with E-state index >= 15 is 0 Å². The summed E-state index contributed by atoms with van der Waals surface area (Å²) in [5, 5.41) is 5.71. The molecule has 0 saturated heterocycles. The summed E-state index contributed by atoms with van der Waals surface area (Å²) in [7, 11) is 0. The van der Waals surface area contributed by atoms with Gasteiger partial charge in [-0.2, -0.15) is 0 Å². The predicted molar refractivity (Wildman–Crippen MR) is 96.0 cm³/mol. The summed E-state index contributed by atoms with van der Waals surface area (Å²) in [4.78, 5) is 24.2. The predicted octanol–water partition coefficient (Wildman–Crippen LogP) is 4.15. The molecule has 2 aromatic carbocycles. The van der Waals surface area contributed by atoms with Crippen LogP contribution in [-0.4, -0.2) is 11.8 Å². The van der Waals surface area contributed by atoms with Gasteiger partial charge in [-0.05, 0) is 55.2 Å². The van der Waals surface area contributed by atoms with Gasteiger partial charge in [0.05, 0.1) is 5.41 Å². The first kappa shape index (κ1) is 17.1. The summed E-state index contributed by atoms with van der Waals surface area (Å²) in [5.41, 5.74) is 2.45. The van der Waals surface area contributed by atoms with Gasteiger partial charge in [0, 0.05) is 18.3 Å². The van der Waals surface area contributed by atoms with Crippen molar-refractivity contribution in [2.75, 3.05) is 10.6 Å². The number of carbonyl (C=O) groups is 2. The van der Waals surface area contributed by atoms with Gasteiger partial charge in [-0.25, -0.2) is 4.39 Å². The Hall–Kier alpha value is -2.69. The Balaban J connectivity index is 1.85. The minimum absolute atomic E-state index is 0.0894. The second-order valence-electron chi connectivity index (χ2n) is 6.61. The van der Waals surface area contributed by atoms with Crippen molar-refractivity contribution in [1.82, 2.24) is 0 Å². The number of aryl methyl sites for hydroxylation is 1. The molecule has 0 atom stereocenters. The van der Waals surface area contributed by atoms with Crippen molar-refractivity contribution in [2.24, 2.45) is 0 Å². The highest BCUT2D eigenvalue weighted by atomic mass is 19.1. The molecule has 5 heteroatoms. The Kier molecular flexibility index (Phi) is 4.57. The number of anilines is 2. The van der Waals surface area contributed by atoms with Crippen molar-refractivity contribution in [3.8, 4) is 0 Å². The van der Waals surface area contributed by atoms with Gasteiger partial charge in [0.2, 0.25) is 11.8 Å². The van der Waals surface area contributed by atoms with Crippen molar-refractivity contribution in [1.29, 1.82) is 0 Å². The number of benzene rings is 2. The average Bonchev–Trinajstić information content (AvgIpc) is 2.51. The lowest BCUT2D eigenvalue weighted by molar-refractivity contribution is -0.124. The van der Waals surface area contributed by atoms with Crippen LogP contribution in [0.15, 0.2) is 42.5 Å². The number of amides is 2. The van der Waals surface area contributed by atoms with Gasteiger partial charge in [0.25, 0.3) is 0 Å². The fourth-order valence-electron chi connectivity index (χ4n) is 3.23. The minimum Gasteiger partial charge on any atom is -0.326 e. The first-order valence-corrected chi connectivity index (χ1v) is 8.36. The van der Waals surface area contributed by atoms with Crippen LogP contribution >= 0.6 is 0 Å². The fourth-order valence-corrected chi connectivity index (χ4v) is 3.23. The number of halogens is 1. The van der Waals surface area contributed by atoms with Crippen molar-refractivity contribution in [2.45, 2.75) is 38.5 Å². The summed E-state index contributed by atoms with van der Waals surface area (Å²) in [5.74, 6) is -0.561. The molecule has 1 fully saturated rings. The topological polar surface area (TPSA) is 58.2 Å². The number of hydrogen-bond donors (Lipinski definition) is 2. The SMILES string of the molecule is CC(=O)Nc1ccc(C)c(NC(=O)C2(c3ccc(F)cc3)CCC2)c1. The van der Waals surface area contributed by atoms with E-state index in [1.165, 1.54) is 19.1 Å². The van der Waals surface area contributed by atoms with Gasteiger partial charge in [0.15, 0.2) is 0 Å². The van der Waals surface area contributed by atoms with Crippen molar-refractivity contribution >= 4 is 23.2 Å². The molecule has 0 aromatic heterocycles. The third-order valence-electron chi connectivity index (χ3n) is 4.84. The van der Waals surface area contributed by atoms with Crippen LogP contribution in [0.5, 0.6) is 0 Å². The first-order valence-electron chi connectivity index (χ1n) is 8.36. The van der Waals surface area contributed by atoms with E-state index in [-0.39, 0.29) is 17.6 Å². The van der Waals surface area contributed by atoms with Crippen LogP contribution in [0.1, 0.15) is 37.3 Å². The molecule has 1 aliphatic carbocycles. The van der Waals surface area contributed by atoms with E-state index in [4.69, 9.17) is 0 Å². The van der Waals surface area contributed by atoms with E-state index in [2.05, 4.69) is 10.6 Å². The quantitative estimate of drug-likeness (QED) is 0.878. The van der Waals surface area contributed by atoms with Crippen LogP contribution in [0.25, 0.3) is 0 Å². The molecular weight excluding hydrogens is 319 g/mol. The normalized spacial score (nSPS) is 15.2. The molecule has 1 aliphatic rings. The second kappa shape index (κ2) is 6.67.